The molecule has 0 fully saturated rings. The number of nitrogens with zero attached hydrogens (tertiary/aromatic N) is 4. The van der Waals surface area contributed by atoms with Crippen LogP contribution in [0.3, 0.4) is 0 Å². The highest BCUT2D eigenvalue weighted by Gasteiger charge is 2.17. The number of nitrogens with one attached hydrogen (secondary N) is 1. The molecule has 0 unspecified atom stereocenters. The Balaban J connectivity index is 1.39. The molecule has 0 saturated heterocycles. The van der Waals surface area contributed by atoms with E-state index in [1.54, 1.807) is 0 Å². The van der Waals surface area contributed by atoms with Crippen LogP contribution in [-0.2, 0) is 6.54 Å². The maximum absolute atomic E-state index is 12.7. The van der Waals surface area contributed by atoms with Crippen molar-refractivity contribution in [3.05, 3.63) is 113 Å². The quantitative estimate of drug-likeness (QED) is 0.379. The average molecular weight is 450 g/mol. The first-order valence-electron chi connectivity index (χ1n) is 11.4. The first-order valence-corrected chi connectivity index (χ1v) is 11.4. The van der Waals surface area contributed by atoms with Crippen LogP contribution < -0.4 is 5.32 Å². The van der Waals surface area contributed by atoms with Gasteiger partial charge < -0.3 is 9.88 Å². The SMILES string of the molecule is Cc1cc(C)c2c(-n3cccc3)nn(Cc3ccc(C(=O)N[C@@H](C)c4ccccc4)cc3)c2n1. The molecular weight excluding hydrogens is 422 g/mol. The van der Waals surface area contributed by atoms with Crippen LogP contribution >= 0.6 is 0 Å². The highest BCUT2D eigenvalue weighted by molar-refractivity contribution is 5.94. The summed E-state index contributed by atoms with van der Waals surface area (Å²) >= 11 is 0. The van der Waals surface area contributed by atoms with Crippen LogP contribution in [-0.4, -0.2) is 25.2 Å². The van der Waals surface area contributed by atoms with E-state index in [2.05, 4.69) is 18.3 Å². The smallest absolute Gasteiger partial charge is 0.251 e. The van der Waals surface area contributed by atoms with Crippen LogP contribution in [0.5, 0.6) is 0 Å². The van der Waals surface area contributed by atoms with Crippen molar-refractivity contribution < 1.29 is 4.79 Å². The Hall–Kier alpha value is -4.19. The van der Waals surface area contributed by atoms with Gasteiger partial charge in [-0.1, -0.05) is 42.5 Å². The molecule has 0 aliphatic rings. The lowest BCUT2D eigenvalue weighted by Gasteiger charge is -2.14. The molecule has 1 N–H and O–H groups in total. The van der Waals surface area contributed by atoms with Gasteiger partial charge in [0.2, 0.25) is 0 Å². The molecule has 5 aromatic rings. The van der Waals surface area contributed by atoms with Crippen molar-refractivity contribution >= 4 is 16.9 Å². The van der Waals surface area contributed by atoms with E-state index in [9.17, 15) is 4.79 Å². The summed E-state index contributed by atoms with van der Waals surface area (Å²) in [6.07, 6.45) is 3.99. The van der Waals surface area contributed by atoms with E-state index >= 15 is 0 Å². The van der Waals surface area contributed by atoms with E-state index in [1.165, 1.54) is 0 Å². The summed E-state index contributed by atoms with van der Waals surface area (Å²) in [5.41, 5.74) is 5.74. The number of benzene rings is 2. The van der Waals surface area contributed by atoms with Crippen molar-refractivity contribution in [2.75, 3.05) is 0 Å². The topological polar surface area (TPSA) is 64.7 Å². The van der Waals surface area contributed by atoms with Gasteiger partial charge in [-0.3, -0.25) is 4.79 Å². The zero-order valence-corrected chi connectivity index (χ0v) is 19.6. The van der Waals surface area contributed by atoms with Gasteiger partial charge in [0.05, 0.1) is 18.0 Å². The van der Waals surface area contributed by atoms with E-state index < -0.39 is 0 Å². The summed E-state index contributed by atoms with van der Waals surface area (Å²) in [6, 6.07) is 23.7. The molecule has 34 heavy (non-hydrogen) atoms. The van der Waals surface area contributed by atoms with Gasteiger partial charge in [0.25, 0.3) is 5.91 Å². The Morgan fingerprint density at radius 1 is 0.971 bits per heavy atom. The van der Waals surface area contributed by atoms with Gasteiger partial charge in [-0.2, -0.15) is 5.10 Å². The summed E-state index contributed by atoms with van der Waals surface area (Å²) < 4.78 is 3.96. The van der Waals surface area contributed by atoms with Gasteiger partial charge in [-0.25, -0.2) is 9.67 Å². The third-order valence-corrected chi connectivity index (χ3v) is 6.05. The summed E-state index contributed by atoms with van der Waals surface area (Å²) in [6.45, 7) is 6.66. The van der Waals surface area contributed by atoms with Gasteiger partial charge >= 0.3 is 0 Å². The number of hydrogen-bond donors (Lipinski definition) is 1. The van der Waals surface area contributed by atoms with Crippen molar-refractivity contribution in [2.45, 2.75) is 33.4 Å². The minimum absolute atomic E-state index is 0.0616. The largest absolute Gasteiger partial charge is 0.346 e. The second-order valence-corrected chi connectivity index (χ2v) is 8.65. The van der Waals surface area contributed by atoms with E-state index in [4.69, 9.17) is 10.1 Å². The van der Waals surface area contributed by atoms with Crippen LogP contribution in [0, 0.1) is 13.8 Å². The Kier molecular flexibility index (Phi) is 5.72. The summed E-state index contributed by atoms with van der Waals surface area (Å²) in [5.74, 6) is 0.783. The Labute approximate surface area is 198 Å². The summed E-state index contributed by atoms with van der Waals surface area (Å²) in [7, 11) is 0. The molecule has 3 aromatic heterocycles. The second-order valence-electron chi connectivity index (χ2n) is 8.65. The minimum Gasteiger partial charge on any atom is -0.346 e. The molecule has 170 valence electrons. The number of rotatable bonds is 6. The lowest BCUT2D eigenvalue weighted by Crippen LogP contribution is -2.26. The van der Waals surface area contributed by atoms with Gasteiger partial charge in [-0.15, -0.1) is 0 Å². The lowest BCUT2D eigenvalue weighted by molar-refractivity contribution is 0.0940. The molecule has 2 aromatic carbocycles. The first kappa shape index (κ1) is 21.6. The molecule has 3 heterocycles. The molecule has 6 nitrogen and oxygen atoms in total. The Morgan fingerprint density at radius 3 is 2.38 bits per heavy atom. The van der Waals surface area contributed by atoms with Gasteiger partial charge in [0.15, 0.2) is 11.5 Å². The molecule has 0 spiro atoms. The lowest BCUT2D eigenvalue weighted by atomic mass is 10.1. The Bertz CT molecular complexity index is 1430. The number of amides is 1. The number of carbonyl (C=O) groups is 1. The third-order valence-electron chi connectivity index (χ3n) is 6.05. The van der Waals surface area contributed by atoms with E-state index in [0.717, 1.165) is 39.2 Å². The summed E-state index contributed by atoms with van der Waals surface area (Å²) in [4.78, 5) is 17.5. The van der Waals surface area contributed by atoms with Crippen LogP contribution in [0.1, 0.15) is 45.7 Å². The van der Waals surface area contributed by atoms with Crippen molar-refractivity contribution in [3.8, 4) is 5.82 Å². The van der Waals surface area contributed by atoms with Crippen molar-refractivity contribution in [1.82, 2.24) is 24.6 Å². The first-order chi connectivity index (χ1) is 16.5. The molecule has 0 radical (unpaired) electrons. The number of fused-ring (bicyclic) bond motifs is 1. The third kappa shape index (κ3) is 4.22. The number of aryl methyl sites for hydroxylation is 2. The molecule has 0 aliphatic carbocycles. The van der Waals surface area contributed by atoms with Crippen molar-refractivity contribution in [3.63, 3.8) is 0 Å². The molecule has 1 atom stereocenters. The standard InChI is InChI=1S/C28H27N5O/c1-19-17-20(2)29-26-25(19)27(32-15-7-8-16-32)31-33(26)18-22-11-13-24(14-12-22)28(34)30-21(3)23-9-5-4-6-10-23/h4-17,21H,18H2,1-3H3,(H,30,34)/t21-/m0/s1. The van der Waals surface area contributed by atoms with Gasteiger partial charge in [-0.05, 0) is 67.8 Å². The average Bonchev–Trinajstić information content (AvgIpc) is 3.49. The molecular formula is C28H27N5O. The van der Waals surface area contributed by atoms with E-state index in [-0.39, 0.29) is 11.9 Å². The van der Waals surface area contributed by atoms with Crippen LogP contribution in [0.2, 0.25) is 0 Å². The fourth-order valence-electron chi connectivity index (χ4n) is 4.30. The second kappa shape index (κ2) is 8.98. The predicted octanol–water partition coefficient (Wildman–Crippen LogP) is 5.38. The molecule has 0 saturated carbocycles. The molecule has 5 rings (SSSR count). The number of pyridine rings is 1. The van der Waals surface area contributed by atoms with E-state index in [0.29, 0.717) is 12.1 Å². The fourth-order valence-corrected chi connectivity index (χ4v) is 4.30. The fraction of sp³-hybridized carbons (Fsp3) is 0.179. The zero-order valence-electron chi connectivity index (χ0n) is 19.6. The maximum atomic E-state index is 12.7. The highest BCUT2D eigenvalue weighted by Crippen LogP contribution is 2.26. The normalized spacial score (nSPS) is 12.1. The summed E-state index contributed by atoms with van der Waals surface area (Å²) in [5, 5.41) is 9.01. The van der Waals surface area contributed by atoms with E-state index in [1.807, 2.05) is 102 Å². The number of aromatic nitrogens is 4. The molecule has 1 amide bonds. The van der Waals surface area contributed by atoms with Gasteiger partial charge in [0, 0.05) is 23.7 Å². The zero-order chi connectivity index (χ0) is 23.7. The number of carbonyl (C=O) groups excluding carboxylic acids is 1. The van der Waals surface area contributed by atoms with Crippen LogP contribution in [0.25, 0.3) is 16.9 Å². The number of hydrogen-bond acceptors (Lipinski definition) is 3. The Morgan fingerprint density at radius 2 is 1.68 bits per heavy atom. The monoisotopic (exact) mass is 449 g/mol. The van der Waals surface area contributed by atoms with Crippen molar-refractivity contribution in [1.29, 1.82) is 0 Å². The molecule has 0 aliphatic heterocycles. The molecule has 0 bridgehead atoms. The van der Waals surface area contributed by atoms with Crippen molar-refractivity contribution in [2.24, 2.45) is 0 Å². The maximum Gasteiger partial charge on any atom is 0.251 e. The van der Waals surface area contributed by atoms with Gasteiger partial charge in [0.1, 0.15) is 0 Å². The van der Waals surface area contributed by atoms with Crippen LogP contribution in [0.15, 0.2) is 85.2 Å². The highest BCUT2D eigenvalue weighted by atomic mass is 16.1. The van der Waals surface area contributed by atoms with Crippen LogP contribution in [0.4, 0.5) is 0 Å². The predicted molar refractivity (Wildman–Crippen MR) is 134 cm³/mol. The molecule has 6 heteroatoms. The minimum atomic E-state index is -0.0877.